The minimum atomic E-state index is -0.933. The molecule has 4 aliphatic carbocycles. The summed E-state index contributed by atoms with van der Waals surface area (Å²) in [6, 6.07) is 0. The lowest BCUT2D eigenvalue weighted by Gasteiger charge is -2.61. The topological polar surface area (TPSA) is 63.6 Å². The van der Waals surface area contributed by atoms with Crippen LogP contribution in [0, 0.1) is 40.4 Å². The van der Waals surface area contributed by atoms with E-state index in [4.69, 9.17) is 9.84 Å². The summed E-state index contributed by atoms with van der Waals surface area (Å²) in [6.07, 6.45) is 11.2. The maximum absolute atomic E-state index is 12.0. The molecule has 28 heavy (non-hydrogen) atoms. The molecule has 0 radical (unpaired) electrons. The summed E-state index contributed by atoms with van der Waals surface area (Å²) >= 11 is 0. The van der Waals surface area contributed by atoms with Crippen molar-refractivity contribution in [2.45, 2.75) is 97.5 Å². The van der Waals surface area contributed by atoms with Crippen molar-refractivity contribution in [3.8, 4) is 0 Å². The number of carboxylic acid groups (broad SMARTS) is 1. The van der Waals surface area contributed by atoms with E-state index in [9.17, 15) is 9.59 Å². The van der Waals surface area contributed by atoms with Crippen LogP contribution in [0.25, 0.3) is 0 Å². The first-order valence-electron chi connectivity index (χ1n) is 11.7. The van der Waals surface area contributed by atoms with Crippen LogP contribution < -0.4 is 0 Å². The van der Waals surface area contributed by atoms with E-state index in [1.807, 2.05) is 0 Å². The van der Waals surface area contributed by atoms with Crippen LogP contribution in [0.15, 0.2) is 0 Å². The maximum Gasteiger partial charge on any atom is 0.306 e. The zero-order chi connectivity index (χ0) is 20.1. The van der Waals surface area contributed by atoms with Crippen LogP contribution in [0.2, 0.25) is 0 Å². The first-order valence-corrected chi connectivity index (χ1v) is 11.7. The molecule has 4 rings (SSSR count). The van der Waals surface area contributed by atoms with E-state index in [2.05, 4.69) is 20.8 Å². The summed E-state index contributed by atoms with van der Waals surface area (Å²) in [4.78, 5) is 22.7. The van der Waals surface area contributed by atoms with Crippen molar-refractivity contribution >= 4 is 11.9 Å². The molecule has 0 unspecified atom stereocenters. The lowest BCUT2D eigenvalue weighted by Crippen LogP contribution is -2.54. The van der Waals surface area contributed by atoms with Gasteiger partial charge in [0.2, 0.25) is 0 Å². The van der Waals surface area contributed by atoms with E-state index in [0.717, 1.165) is 42.9 Å². The number of carbonyl (C=O) groups is 2. The van der Waals surface area contributed by atoms with Gasteiger partial charge in [-0.3, -0.25) is 9.59 Å². The van der Waals surface area contributed by atoms with E-state index in [-0.39, 0.29) is 24.9 Å². The van der Waals surface area contributed by atoms with Crippen LogP contribution in [0.4, 0.5) is 0 Å². The molecule has 0 spiro atoms. The van der Waals surface area contributed by atoms with Crippen molar-refractivity contribution in [1.29, 1.82) is 0 Å². The monoisotopic (exact) mass is 390 g/mol. The van der Waals surface area contributed by atoms with Crippen molar-refractivity contribution in [2.75, 3.05) is 0 Å². The van der Waals surface area contributed by atoms with Crippen LogP contribution in [0.5, 0.6) is 0 Å². The zero-order valence-corrected chi connectivity index (χ0v) is 17.9. The molecule has 0 aliphatic heterocycles. The van der Waals surface area contributed by atoms with Crippen molar-refractivity contribution in [1.82, 2.24) is 0 Å². The molecule has 158 valence electrons. The molecule has 8 atom stereocenters. The molecule has 4 nitrogen and oxygen atoms in total. The van der Waals surface area contributed by atoms with Gasteiger partial charge < -0.3 is 9.84 Å². The second kappa shape index (κ2) is 7.32. The van der Waals surface area contributed by atoms with Gasteiger partial charge in [0.05, 0.1) is 12.8 Å². The molecule has 0 heterocycles. The summed E-state index contributed by atoms with van der Waals surface area (Å²) in [5.41, 5.74) is 0.973. The molecule has 4 aliphatic rings. The fraction of sp³-hybridized carbons (Fsp3) is 0.917. The van der Waals surface area contributed by atoms with Crippen molar-refractivity contribution < 1.29 is 19.4 Å². The molecular formula is C24H38O4. The first kappa shape index (κ1) is 20.2. The number of aliphatic carboxylic acids is 1. The van der Waals surface area contributed by atoms with Gasteiger partial charge in [-0.25, -0.2) is 0 Å². The van der Waals surface area contributed by atoms with Gasteiger partial charge >= 0.3 is 11.9 Å². The van der Waals surface area contributed by atoms with Crippen LogP contribution in [0.3, 0.4) is 0 Å². The molecule has 0 bridgehead atoms. The Balaban J connectivity index is 1.41. The average Bonchev–Trinajstić information content (AvgIpc) is 2.95. The number of carbonyl (C=O) groups excluding carboxylic acids is 1. The lowest BCUT2D eigenvalue weighted by molar-refractivity contribution is -0.163. The number of hydrogen-bond acceptors (Lipinski definition) is 3. The number of esters is 1. The Hall–Kier alpha value is -1.06. The lowest BCUT2D eigenvalue weighted by atomic mass is 9.45. The average molecular weight is 391 g/mol. The SMILES string of the molecule is C[C@H]1CC[C@H]2[C@@H]3CC[C@@H]4C[C@H](OC(=O)CCC(=O)O)CC[C@]4(C)[C@H]3CC[C@]12C. The second-order valence-electron chi connectivity index (χ2n) is 11.0. The van der Waals surface area contributed by atoms with Gasteiger partial charge in [0, 0.05) is 0 Å². The largest absolute Gasteiger partial charge is 0.481 e. The van der Waals surface area contributed by atoms with Crippen molar-refractivity contribution in [3.63, 3.8) is 0 Å². The van der Waals surface area contributed by atoms with Gasteiger partial charge in [-0.05, 0) is 98.2 Å². The molecule has 0 amide bonds. The van der Waals surface area contributed by atoms with Gasteiger partial charge in [-0.15, -0.1) is 0 Å². The number of carboxylic acids is 1. The molecule has 0 aromatic carbocycles. The molecular weight excluding hydrogens is 352 g/mol. The number of hydrogen-bond donors (Lipinski definition) is 1. The van der Waals surface area contributed by atoms with Crippen molar-refractivity contribution in [2.24, 2.45) is 40.4 Å². The predicted octanol–water partition coefficient (Wildman–Crippen LogP) is 5.44. The Morgan fingerprint density at radius 1 is 0.929 bits per heavy atom. The summed E-state index contributed by atoms with van der Waals surface area (Å²) < 4.78 is 5.67. The highest BCUT2D eigenvalue weighted by Crippen LogP contribution is 2.67. The van der Waals surface area contributed by atoms with Crippen molar-refractivity contribution in [3.05, 3.63) is 0 Å². The Kier molecular flexibility index (Phi) is 5.29. The first-order chi connectivity index (χ1) is 13.2. The predicted molar refractivity (Wildman–Crippen MR) is 108 cm³/mol. The van der Waals surface area contributed by atoms with Crippen LogP contribution in [0.1, 0.15) is 91.4 Å². The fourth-order valence-electron chi connectivity index (χ4n) is 8.04. The highest BCUT2D eigenvalue weighted by Gasteiger charge is 2.59. The normalized spacial score (nSPS) is 47.5. The van der Waals surface area contributed by atoms with Gasteiger partial charge in [-0.2, -0.15) is 0 Å². The molecule has 4 saturated carbocycles. The standard InChI is InChI=1S/C24H38O4/c1-15-4-7-19-18-6-5-16-14-17(28-22(27)9-8-21(25)26)10-12-24(16,3)20(18)11-13-23(15,19)2/h15-20H,4-14H2,1-3H3,(H,25,26)/t15-,16+,17+,18-,19-,20-,23+,24-/m0/s1. The minimum absolute atomic E-state index is 0.00306. The van der Waals surface area contributed by atoms with Gasteiger partial charge in [-0.1, -0.05) is 20.8 Å². The number of rotatable bonds is 4. The molecule has 0 aromatic heterocycles. The van der Waals surface area contributed by atoms with E-state index >= 15 is 0 Å². The fourth-order valence-corrected chi connectivity index (χ4v) is 8.04. The van der Waals surface area contributed by atoms with Gasteiger partial charge in [0.1, 0.15) is 6.10 Å². The van der Waals surface area contributed by atoms with E-state index in [1.54, 1.807) is 0 Å². The third-order valence-electron chi connectivity index (χ3n) is 9.93. The maximum atomic E-state index is 12.0. The van der Waals surface area contributed by atoms with Crippen LogP contribution in [-0.4, -0.2) is 23.1 Å². The Morgan fingerprint density at radius 3 is 2.39 bits per heavy atom. The summed E-state index contributed by atoms with van der Waals surface area (Å²) in [5.74, 6) is 2.94. The Morgan fingerprint density at radius 2 is 1.64 bits per heavy atom. The third kappa shape index (κ3) is 3.29. The third-order valence-corrected chi connectivity index (χ3v) is 9.93. The van der Waals surface area contributed by atoms with Crippen LogP contribution >= 0.6 is 0 Å². The number of fused-ring (bicyclic) bond motifs is 5. The smallest absolute Gasteiger partial charge is 0.306 e. The van der Waals surface area contributed by atoms with E-state index < -0.39 is 5.97 Å². The molecule has 4 fully saturated rings. The Bertz CT molecular complexity index is 630. The number of ether oxygens (including phenoxy) is 1. The quantitative estimate of drug-likeness (QED) is 0.649. The van der Waals surface area contributed by atoms with Gasteiger partial charge in [0.25, 0.3) is 0 Å². The summed E-state index contributed by atoms with van der Waals surface area (Å²) in [7, 11) is 0. The second-order valence-corrected chi connectivity index (χ2v) is 11.0. The molecule has 0 aromatic rings. The minimum Gasteiger partial charge on any atom is -0.481 e. The molecule has 4 heteroatoms. The van der Waals surface area contributed by atoms with E-state index in [0.29, 0.717) is 16.7 Å². The van der Waals surface area contributed by atoms with Crippen LogP contribution in [-0.2, 0) is 14.3 Å². The Labute approximate surface area is 169 Å². The molecule has 0 saturated heterocycles. The van der Waals surface area contributed by atoms with E-state index in [1.165, 1.54) is 38.5 Å². The highest BCUT2D eigenvalue weighted by molar-refractivity contribution is 5.76. The zero-order valence-electron chi connectivity index (χ0n) is 17.9. The summed E-state index contributed by atoms with van der Waals surface area (Å²) in [5, 5.41) is 8.76. The molecule has 1 N–H and O–H groups in total. The summed E-state index contributed by atoms with van der Waals surface area (Å²) in [6.45, 7) is 7.60. The van der Waals surface area contributed by atoms with Gasteiger partial charge in [0.15, 0.2) is 0 Å². The highest BCUT2D eigenvalue weighted by atomic mass is 16.5.